The summed E-state index contributed by atoms with van der Waals surface area (Å²) in [5, 5.41) is 4.87. The van der Waals surface area contributed by atoms with Crippen LogP contribution in [-0.4, -0.2) is 19.9 Å². The van der Waals surface area contributed by atoms with E-state index in [0.717, 1.165) is 50.2 Å². The van der Waals surface area contributed by atoms with Crippen molar-refractivity contribution in [2.45, 2.75) is 0 Å². The van der Waals surface area contributed by atoms with Crippen molar-refractivity contribution in [3.05, 3.63) is 182 Å². The van der Waals surface area contributed by atoms with Crippen LogP contribution in [0.4, 0.5) is 0 Å². The first kappa shape index (κ1) is 29.4. The molecule has 0 fully saturated rings. The lowest BCUT2D eigenvalue weighted by molar-refractivity contribution is 1.07. The minimum Gasteiger partial charge on any atom is -0.256 e. The molecule has 2 aromatic heterocycles. The monoisotopic (exact) mass is 638 g/mol. The van der Waals surface area contributed by atoms with Crippen LogP contribution in [0.3, 0.4) is 0 Å². The molecule has 0 unspecified atom stereocenters. The van der Waals surface area contributed by atoms with Crippen LogP contribution in [0.5, 0.6) is 0 Å². The minimum absolute atomic E-state index is 0.621. The molecule has 0 aliphatic heterocycles. The van der Waals surface area contributed by atoms with Gasteiger partial charge in [0.15, 0.2) is 17.5 Å². The van der Waals surface area contributed by atoms with Crippen LogP contribution in [0.25, 0.3) is 89.2 Å². The van der Waals surface area contributed by atoms with Crippen LogP contribution >= 0.6 is 0 Å². The van der Waals surface area contributed by atoms with Gasteiger partial charge in [-0.25, -0.2) is 15.0 Å². The van der Waals surface area contributed by atoms with E-state index >= 15 is 0 Å². The molecule has 0 aliphatic rings. The molecule has 0 aliphatic carbocycles. The van der Waals surface area contributed by atoms with E-state index in [1.165, 1.54) is 21.5 Å². The molecule has 0 saturated heterocycles. The van der Waals surface area contributed by atoms with Gasteiger partial charge in [0.1, 0.15) is 0 Å². The molecular weight excluding hydrogens is 609 g/mol. The SMILES string of the molecule is c1ccc(-c2nc(-c3ccccc3)nc(-c3cc(-c4ccc(-c5ccccn5)cc4)cc(-c4cc5ccccc5c5ccccc45)c3)n2)cc1. The van der Waals surface area contributed by atoms with Crippen LogP contribution in [-0.2, 0) is 0 Å². The largest absolute Gasteiger partial charge is 0.256 e. The van der Waals surface area contributed by atoms with Crippen molar-refractivity contribution in [3.63, 3.8) is 0 Å². The summed E-state index contributed by atoms with van der Waals surface area (Å²) in [6.45, 7) is 0. The van der Waals surface area contributed by atoms with Gasteiger partial charge in [-0.1, -0.05) is 140 Å². The highest BCUT2D eigenvalue weighted by atomic mass is 15.0. The lowest BCUT2D eigenvalue weighted by atomic mass is 9.90. The summed E-state index contributed by atoms with van der Waals surface area (Å²) >= 11 is 0. The fourth-order valence-electron chi connectivity index (χ4n) is 6.68. The zero-order chi connectivity index (χ0) is 33.3. The average Bonchev–Trinajstić information content (AvgIpc) is 3.21. The number of hydrogen-bond acceptors (Lipinski definition) is 4. The van der Waals surface area contributed by atoms with Gasteiger partial charge in [-0.05, 0) is 80.2 Å². The number of nitrogens with zero attached hydrogens (tertiary/aromatic N) is 4. The molecule has 4 heteroatoms. The number of fused-ring (bicyclic) bond motifs is 3. The van der Waals surface area contributed by atoms with Crippen LogP contribution in [0.15, 0.2) is 182 Å². The Morgan fingerprint density at radius 1 is 0.300 bits per heavy atom. The van der Waals surface area contributed by atoms with Crippen LogP contribution in [0, 0.1) is 0 Å². The molecule has 0 radical (unpaired) electrons. The quantitative estimate of drug-likeness (QED) is 0.170. The van der Waals surface area contributed by atoms with E-state index in [1.807, 2.05) is 85.1 Å². The first-order valence-corrected chi connectivity index (χ1v) is 16.7. The molecule has 0 bridgehead atoms. The maximum atomic E-state index is 5.10. The summed E-state index contributed by atoms with van der Waals surface area (Å²) in [6, 6.07) is 61.1. The lowest BCUT2D eigenvalue weighted by Crippen LogP contribution is -2.00. The summed E-state index contributed by atoms with van der Waals surface area (Å²) in [6.07, 6.45) is 1.83. The minimum atomic E-state index is 0.621. The third-order valence-electron chi connectivity index (χ3n) is 9.15. The second-order valence-corrected chi connectivity index (χ2v) is 12.3. The van der Waals surface area contributed by atoms with Gasteiger partial charge in [-0.2, -0.15) is 0 Å². The van der Waals surface area contributed by atoms with E-state index in [0.29, 0.717) is 17.5 Å². The fourth-order valence-corrected chi connectivity index (χ4v) is 6.68. The summed E-state index contributed by atoms with van der Waals surface area (Å²) in [7, 11) is 0. The predicted molar refractivity (Wildman–Crippen MR) is 205 cm³/mol. The van der Waals surface area contributed by atoms with Crippen LogP contribution < -0.4 is 0 Å². The predicted octanol–water partition coefficient (Wildman–Crippen LogP) is 11.6. The second-order valence-electron chi connectivity index (χ2n) is 12.3. The molecule has 0 saturated carbocycles. The van der Waals surface area contributed by atoms with E-state index in [9.17, 15) is 0 Å². The summed E-state index contributed by atoms with van der Waals surface area (Å²) in [4.78, 5) is 19.7. The first-order valence-electron chi connectivity index (χ1n) is 16.7. The lowest BCUT2D eigenvalue weighted by Gasteiger charge is -2.15. The van der Waals surface area contributed by atoms with E-state index in [1.54, 1.807) is 0 Å². The Morgan fingerprint density at radius 3 is 1.48 bits per heavy atom. The Hall–Kier alpha value is -6.78. The van der Waals surface area contributed by atoms with E-state index in [-0.39, 0.29) is 0 Å². The van der Waals surface area contributed by atoms with Gasteiger partial charge < -0.3 is 0 Å². The molecule has 2 heterocycles. The van der Waals surface area contributed by atoms with Crippen molar-refractivity contribution in [1.29, 1.82) is 0 Å². The molecule has 9 aromatic rings. The molecule has 50 heavy (non-hydrogen) atoms. The topological polar surface area (TPSA) is 51.6 Å². The summed E-state index contributed by atoms with van der Waals surface area (Å²) in [5.41, 5.74) is 9.24. The number of hydrogen-bond donors (Lipinski definition) is 0. The normalized spacial score (nSPS) is 11.2. The number of pyridine rings is 1. The number of aromatic nitrogens is 4. The van der Waals surface area contributed by atoms with Crippen molar-refractivity contribution in [2.75, 3.05) is 0 Å². The van der Waals surface area contributed by atoms with Gasteiger partial charge in [0.05, 0.1) is 5.69 Å². The maximum absolute atomic E-state index is 5.10. The van der Waals surface area contributed by atoms with Gasteiger partial charge in [-0.15, -0.1) is 0 Å². The molecule has 0 spiro atoms. The smallest absolute Gasteiger partial charge is 0.164 e. The summed E-state index contributed by atoms with van der Waals surface area (Å²) in [5.74, 6) is 1.89. The fraction of sp³-hybridized carbons (Fsp3) is 0. The highest BCUT2D eigenvalue weighted by molar-refractivity contribution is 6.14. The molecule has 4 nitrogen and oxygen atoms in total. The van der Waals surface area contributed by atoms with E-state index in [4.69, 9.17) is 15.0 Å². The Morgan fingerprint density at radius 2 is 0.820 bits per heavy atom. The average molecular weight is 639 g/mol. The highest BCUT2D eigenvalue weighted by Gasteiger charge is 2.16. The van der Waals surface area contributed by atoms with Crippen molar-refractivity contribution in [2.24, 2.45) is 0 Å². The van der Waals surface area contributed by atoms with Gasteiger partial charge >= 0.3 is 0 Å². The zero-order valence-corrected chi connectivity index (χ0v) is 27.1. The Kier molecular flexibility index (Phi) is 7.45. The molecule has 7 aromatic carbocycles. The highest BCUT2D eigenvalue weighted by Crippen LogP contribution is 2.39. The van der Waals surface area contributed by atoms with Crippen LogP contribution in [0.2, 0.25) is 0 Å². The zero-order valence-electron chi connectivity index (χ0n) is 27.1. The molecule has 9 rings (SSSR count). The summed E-state index contributed by atoms with van der Waals surface area (Å²) < 4.78 is 0. The van der Waals surface area contributed by atoms with E-state index < -0.39 is 0 Å². The van der Waals surface area contributed by atoms with Crippen molar-refractivity contribution >= 4 is 21.5 Å². The molecule has 0 N–H and O–H groups in total. The van der Waals surface area contributed by atoms with Crippen molar-refractivity contribution < 1.29 is 0 Å². The van der Waals surface area contributed by atoms with Gasteiger partial charge in [0, 0.05) is 28.5 Å². The molecule has 0 amide bonds. The van der Waals surface area contributed by atoms with Crippen molar-refractivity contribution in [3.8, 4) is 67.7 Å². The first-order chi connectivity index (χ1) is 24.8. The third kappa shape index (κ3) is 5.59. The van der Waals surface area contributed by atoms with Gasteiger partial charge in [0.2, 0.25) is 0 Å². The Balaban J connectivity index is 1.28. The third-order valence-corrected chi connectivity index (χ3v) is 9.15. The van der Waals surface area contributed by atoms with E-state index in [2.05, 4.69) is 102 Å². The Labute approximate surface area is 290 Å². The number of rotatable bonds is 6. The molecular formula is C46H30N4. The standard InChI is InChI=1S/C46H30N4/c1-3-13-33(14-4-1)44-48-45(34-15-5-2-6-16-34)50-46(49-44)38-28-36(31-22-24-32(25-23-31)43-21-11-12-26-47-43)27-37(29-38)42-30-35-17-7-8-18-39(35)40-19-9-10-20-41(40)42/h1-30H. The Bertz CT molecular complexity index is 2560. The van der Waals surface area contributed by atoms with Gasteiger partial charge in [0.25, 0.3) is 0 Å². The maximum Gasteiger partial charge on any atom is 0.164 e. The van der Waals surface area contributed by atoms with Gasteiger partial charge in [-0.3, -0.25) is 4.98 Å². The second kappa shape index (κ2) is 12.7. The van der Waals surface area contributed by atoms with Crippen LogP contribution in [0.1, 0.15) is 0 Å². The number of benzene rings is 7. The van der Waals surface area contributed by atoms with Crippen molar-refractivity contribution in [1.82, 2.24) is 19.9 Å². The molecule has 234 valence electrons. The molecule has 0 atom stereocenters.